The molecule has 1 aliphatic heterocycles. The van der Waals surface area contributed by atoms with Gasteiger partial charge >= 0.3 is 0 Å². The highest BCUT2D eigenvalue weighted by atomic mass is 79.9. The first-order valence-electron chi connectivity index (χ1n) is 4.61. The van der Waals surface area contributed by atoms with Crippen molar-refractivity contribution in [1.82, 2.24) is 0 Å². The first kappa shape index (κ1) is 8.81. The fourth-order valence-corrected chi connectivity index (χ4v) is 4.13. The zero-order valence-electron chi connectivity index (χ0n) is 7.75. The third-order valence-corrected chi connectivity index (χ3v) is 4.52. The summed E-state index contributed by atoms with van der Waals surface area (Å²) in [6.07, 6.45) is 4.64. The molecule has 0 N–H and O–H groups in total. The van der Waals surface area contributed by atoms with Gasteiger partial charge in [-0.25, -0.2) is 0 Å². The van der Waals surface area contributed by atoms with Gasteiger partial charge in [0.15, 0.2) is 0 Å². The van der Waals surface area contributed by atoms with Crippen molar-refractivity contribution < 1.29 is 0 Å². The van der Waals surface area contributed by atoms with Gasteiger partial charge in [-0.1, -0.05) is 39.7 Å². The van der Waals surface area contributed by atoms with Gasteiger partial charge in [0.25, 0.3) is 0 Å². The number of allylic oxidation sites excluding steroid dienone is 2. The molecule has 0 amide bonds. The maximum atomic E-state index is 3.63. The average Bonchev–Trinajstić information content (AvgIpc) is 2.60. The minimum atomic E-state index is 0.559. The predicted octanol–water partition coefficient (Wildman–Crippen LogP) is 4.27. The van der Waals surface area contributed by atoms with Gasteiger partial charge in [0.05, 0.1) is 5.25 Å². The normalized spacial score (nSPS) is 22.9. The van der Waals surface area contributed by atoms with Crippen molar-refractivity contribution in [2.24, 2.45) is 0 Å². The summed E-state index contributed by atoms with van der Waals surface area (Å²) in [5.41, 5.74) is 4.25. The number of fused-ring (bicyclic) bond motifs is 3. The van der Waals surface area contributed by atoms with E-state index in [2.05, 4.69) is 53.2 Å². The Morgan fingerprint density at radius 2 is 2.21 bits per heavy atom. The SMILES string of the molecule is CC1=CC2Sc3cccc(Br)c3C2=C1. The molecular formula is C12H9BrS. The Kier molecular flexibility index (Phi) is 1.89. The van der Waals surface area contributed by atoms with Crippen molar-refractivity contribution in [1.29, 1.82) is 0 Å². The zero-order valence-corrected chi connectivity index (χ0v) is 10.2. The van der Waals surface area contributed by atoms with E-state index in [0.29, 0.717) is 5.25 Å². The van der Waals surface area contributed by atoms with Crippen molar-refractivity contribution in [2.75, 3.05) is 0 Å². The lowest BCUT2D eigenvalue weighted by Crippen LogP contribution is -1.89. The van der Waals surface area contributed by atoms with Gasteiger partial charge in [-0.2, -0.15) is 0 Å². The molecule has 0 bridgehead atoms. The van der Waals surface area contributed by atoms with E-state index in [1.165, 1.54) is 26.1 Å². The second-order valence-electron chi connectivity index (χ2n) is 3.66. The third kappa shape index (κ3) is 1.14. The number of halogens is 1. The van der Waals surface area contributed by atoms with E-state index in [4.69, 9.17) is 0 Å². The van der Waals surface area contributed by atoms with Gasteiger partial charge in [-0.3, -0.25) is 0 Å². The van der Waals surface area contributed by atoms with Crippen LogP contribution in [-0.4, -0.2) is 5.25 Å². The van der Waals surface area contributed by atoms with Crippen molar-refractivity contribution in [3.63, 3.8) is 0 Å². The van der Waals surface area contributed by atoms with Crippen LogP contribution >= 0.6 is 27.7 Å². The largest absolute Gasteiger partial charge is 0.113 e. The summed E-state index contributed by atoms with van der Waals surface area (Å²) in [5.74, 6) is 0. The smallest absolute Gasteiger partial charge is 0.0537 e. The summed E-state index contributed by atoms with van der Waals surface area (Å²) in [5, 5.41) is 0.559. The molecule has 0 radical (unpaired) electrons. The molecule has 0 saturated heterocycles. The molecule has 1 unspecified atom stereocenters. The predicted molar refractivity (Wildman–Crippen MR) is 65.5 cm³/mol. The van der Waals surface area contributed by atoms with Crippen LogP contribution in [0.15, 0.2) is 45.3 Å². The van der Waals surface area contributed by atoms with Crippen molar-refractivity contribution in [3.8, 4) is 0 Å². The van der Waals surface area contributed by atoms with Gasteiger partial charge in [-0.05, 0) is 24.6 Å². The molecule has 2 aliphatic rings. The van der Waals surface area contributed by atoms with E-state index in [0.717, 1.165) is 0 Å². The van der Waals surface area contributed by atoms with Crippen molar-refractivity contribution in [2.45, 2.75) is 17.1 Å². The van der Waals surface area contributed by atoms with Gasteiger partial charge in [0.1, 0.15) is 0 Å². The lowest BCUT2D eigenvalue weighted by Gasteiger charge is -2.02. The molecule has 0 spiro atoms. The Morgan fingerprint density at radius 1 is 1.36 bits per heavy atom. The molecule has 1 heterocycles. The molecule has 0 nitrogen and oxygen atoms in total. The van der Waals surface area contributed by atoms with Crippen LogP contribution < -0.4 is 0 Å². The molecule has 2 heteroatoms. The molecule has 0 aromatic heterocycles. The molecule has 0 saturated carbocycles. The maximum absolute atomic E-state index is 3.63. The van der Waals surface area contributed by atoms with Crippen LogP contribution in [0.2, 0.25) is 0 Å². The summed E-state index contributed by atoms with van der Waals surface area (Å²) in [6, 6.07) is 6.43. The fraction of sp³-hybridized carbons (Fsp3) is 0.167. The number of rotatable bonds is 0. The first-order chi connectivity index (χ1) is 6.75. The standard InChI is InChI=1S/C12H9BrS/c1-7-5-8-11(6-7)14-10-4-2-3-9(13)12(8)10/h2-6,11H,1H3. The molecule has 1 aliphatic carbocycles. The quantitative estimate of drug-likeness (QED) is 0.675. The molecule has 1 aromatic carbocycles. The summed E-state index contributed by atoms with van der Waals surface area (Å²) in [7, 11) is 0. The highest BCUT2D eigenvalue weighted by molar-refractivity contribution is 9.10. The van der Waals surface area contributed by atoms with Crippen LogP contribution in [0.3, 0.4) is 0 Å². The molecule has 70 valence electrons. The summed E-state index contributed by atoms with van der Waals surface area (Å²) < 4.78 is 1.22. The lowest BCUT2D eigenvalue weighted by molar-refractivity contribution is 1.39. The van der Waals surface area contributed by atoms with Gasteiger partial charge in [0, 0.05) is 14.9 Å². The Hall–Kier alpha value is -0.470. The van der Waals surface area contributed by atoms with E-state index in [9.17, 15) is 0 Å². The fourth-order valence-electron chi connectivity index (χ4n) is 2.04. The number of hydrogen-bond acceptors (Lipinski definition) is 1. The van der Waals surface area contributed by atoms with E-state index in [-0.39, 0.29) is 0 Å². The van der Waals surface area contributed by atoms with Crippen molar-refractivity contribution >= 4 is 33.3 Å². The molecule has 0 fully saturated rings. The molecule has 14 heavy (non-hydrogen) atoms. The molecule has 1 atom stereocenters. The van der Waals surface area contributed by atoms with Crippen LogP contribution in [-0.2, 0) is 0 Å². The average molecular weight is 265 g/mol. The Morgan fingerprint density at radius 3 is 3.07 bits per heavy atom. The van der Waals surface area contributed by atoms with Gasteiger partial charge in [0.2, 0.25) is 0 Å². The van der Waals surface area contributed by atoms with Crippen LogP contribution in [0.5, 0.6) is 0 Å². The second-order valence-corrected chi connectivity index (χ2v) is 5.70. The van der Waals surface area contributed by atoms with Gasteiger partial charge < -0.3 is 0 Å². The highest BCUT2D eigenvalue weighted by Gasteiger charge is 2.30. The lowest BCUT2D eigenvalue weighted by atomic mass is 10.1. The number of thioether (sulfide) groups is 1. The Bertz CT molecular complexity index is 471. The molecule has 3 rings (SSSR count). The topological polar surface area (TPSA) is 0 Å². The van der Waals surface area contributed by atoms with E-state index in [1.54, 1.807) is 0 Å². The van der Waals surface area contributed by atoms with Crippen LogP contribution in [0.25, 0.3) is 5.57 Å². The minimum Gasteiger partial charge on any atom is -0.113 e. The Labute approximate surface area is 96.2 Å². The second kappa shape index (κ2) is 3.01. The molecular weight excluding hydrogens is 256 g/mol. The Balaban J connectivity index is 2.22. The third-order valence-electron chi connectivity index (χ3n) is 2.62. The molecule has 1 aromatic rings. The van der Waals surface area contributed by atoms with E-state index < -0.39 is 0 Å². The number of hydrogen-bond donors (Lipinski definition) is 0. The highest BCUT2D eigenvalue weighted by Crippen LogP contribution is 2.51. The summed E-state index contributed by atoms with van der Waals surface area (Å²) in [4.78, 5) is 1.40. The van der Waals surface area contributed by atoms with Crippen LogP contribution in [0.1, 0.15) is 12.5 Å². The first-order valence-corrected chi connectivity index (χ1v) is 6.28. The van der Waals surface area contributed by atoms with Crippen LogP contribution in [0, 0.1) is 0 Å². The summed E-state index contributed by atoms with van der Waals surface area (Å²) in [6.45, 7) is 2.17. The van der Waals surface area contributed by atoms with Crippen molar-refractivity contribution in [3.05, 3.63) is 46.0 Å². The van der Waals surface area contributed by atoms with E-state index >= 15 is 0 Å². The number of benzene rings is 1. The minimum absolute atomic E-state index is 0.559. The van der Waals surface area contributed by atoms with E-state index in [1.807, 2.05) is 11.8 Å². The van der Waals surface area contributed by atoms with Gasteiger partial charge in [-0.15, -0.1) is 11.8 Å². The van der Waals surface area contributed by atoms with Crippen LogP contribution in [0.4, 0.5) is 0 Å². The summed E-state index contributed by atoms with van der Waals surface area (Å²) >= 11 is 5.58. The maximum Gasteiger partial charge on any atom is 0.0537 e. The monoisotopic (exact) mass is 264 g/mol. The zero-order chi connectivity index (χ0) is 9.71.